The summed E-state index contributed by atoms with van der Waals surface area (Å²) in [6.07, 6.45) is 1.98. The van der Waals surface area contributed by atoms with Crippen molar-refractivity contribution in [3.05, 3.63) is 0 Å². The topological polar surface area (TPSA) is 61.4 Å². The first-order valence-electron chi connectivity index (χ1n) is 7.98. The molecule has 1 fully saturated rings. The first kappa shape index (κ1) is 10.8. The minimum absolute atomic E-state index is 0.0537. The van der Waals surface area contributed by atoms with E-state index in [4.69, 9.17) is 4.11 Å². The van der Waals surface area contributed by atoms with Crippen molar-refractivity contribution in [3.8, 4) is 0 Å². The first-order valence-corrected chi connectivity index (χ1v) is 6.48. The van der Waals surface area contributed by atoms with Gasteiger partial charge in [0.1, 0.15) is 6.04 Å². The van der Waals surface area contributed by atoms with Crippen molar-refractivity contribution in [1.82, 2.24) is 15.5 Å². The van der Waals surface area contributed by atoms with Gasteiger partial charge >= 0.3 is 0 Å². The van der Waals surface area contributed by atoms with E-state index >= 15 is 0 Å². The smallest absolute Gasteiger partial charge is 0.245 e. The molecule has 0 aromatic heterocycles. The highest BCUT2D eigenvalue weighted by Crippen LogP contribution is 2.13. The number of nitrogens with zero attached hydrogens (tertiary/aromatic N) is 1. The lowest BCUT2D eigenvalue weighted by Gasteiger charge is -2.27. The molecule has 0 saturated carbocycles. The van der Waals surface area contributed by atoms with Gasteiger partial charge in [0.15, 0.2) is 0 Å². The number of carbonyl (C=O) groups excluding carboxylic acids is 2. The molecule has 0 aromatic carbocycles. The van der Waals surface area contributed by atoms with Crippen LogP contribution in [0.2, 0.25) is 0 Å². The minimum Gasteiger partial charge on any atom is -0.343 e. The van der Waals surface area contributed by atoms with Crippen LogP contribution in [-0.4, -0.2) is 48.9 Å². The van der Waals surface area contributed by atoms with Gasteiger partial charge in [-0.1, -0.05) is 13.8 Å². The molecule has 0 unspecified atom stereocenters. The molecule has 2 amide bonds. The lowest BCUT2D eigenvalue weighted by atomic mass is 10.0. The standard InChI is InChI=1S/C13H25N3O2/c1-9(2)11(15-12(17)10(3)14-4)13(18)16-7-5-6-8-16/h9-11,14H,5-8H2,1-4H3,(H,15,17)/t10-,11-/m0/s1/i4D3. The fourth-order valence-corrected chi connectivity index (χ4v) is 1.99. The van der Waals surface area contributed by atoms with Crippen LogP contribution in [0.5, 0.6) is 0 Å². The number of hydrogen-bond acceptors (Lipinski definition) is 3. The van der Waals surface area contributed by atoms with Crippen LogP contribution in [0.25, 0.3) is 0 Å². The highest BCUT2D eigenvalue weighted by molar-refractivity contribution is 5.89. The zero-order chi connectivity index (χ0) is 16.2. The Morgan fingerprint density at radius 2 is 1.83 bits per heavy atom. The van der Waals surface area contributed by atoms with Gasteiger partial charge in [-0.3, -0.25) is 9.59 Å². The molecule has 0 bridgehead atoms. The molecule has 1 heterocycles. The van der Waals surface area contributed by atoms with E-state index in [1.807, 2.05) is 13.8 Å². The summed E-state index contributed by atoms with van der Waals surface area (Å²) in [6, 6.07) is -1.50. The second-order valence-electron chi connectivity index (χ2n) is 5.13. The molecular weight excluding hydrogens is 230 g/mol. The highest BCUT2D eigenvalue weighted by Gasteiger charge is 2.30. The first-order chi connectivity index (χ1) is 9.61. The zero-order valence-electron chi connectivity index (χ0n) is 14.3. The molecule has 2 atom stereocenters. The number of rotatable bonds is 5. The Hall–Kier alpha value is -1.10. The summed E-state index contributed by atoms with van der Waals surface area (Å²) in [7, 11) is 0. The van der Waals surface area contributed by atoms with E-state index in [1.54, 1.807) is 4.90 Å². The Kier molecular flexibility index (Phi) is 4.03. The van der Waals surface area contributed by atoms with Crippen LogP contribution in [0.4, 0.5) is 0 Å². The van der Waals surface area contributed by atoms with Crippen LogP contribution < -0.4 is 10.6 Å². The summed E-state index contributed by atoms with van der Waals surface area (Å²) < 4.78 is 21.3. The van der Waals surface area contributed by atoms with Gasteiger partial charge in [-0.25, -0.2) is 0 Å². The molecule has 0 aromatic rings. The second-order valence-corrected chi connectivity index (χ2v) is 5.13. The van der Waals surface area contributed by atoms with E-state index in [1.165, 1.54) is 6.92 Å². The van der Waals surface area contributed by atoms with Crippen molar-refractivity contribution in [2.24, 2.45) is 5.92 Å². The van der Waals surface area contributed by atoms with Crippen LogP contribution >= 0.6 is 0 Å². The Morgan fingerprint density at radius 3 is 2.33 bits per heavy atom. The van der Waals surface area contributed by atoms with E-state index in [9.17, 15) is 9.59 Å². The molecule has 1 aliphatic heterocycles. The van der Waals surface area contributed by atoms with E-state index in [-0.39, 0.29) is 11.8 Å². The summed E-state index contributed by atoms with van der Waals surface area (Å²) in [5, 5.41) is 4.91. The molecule has 1 aliphatic rings. The number of carbonyl (C=O) groups is 2. The maximum Gasteiger partial charge on any atom is 0.245 e. The Morgan fingerprint density at radius 1 is 1.22 bits per heavy atom. The summed E-state index contributed by atoms with van der Waals surface area (Å²) in [6.45, 7) is 4.26. The maximum absolute atomic E-state index is 12.4. The van der Waals surface area contributed by atoms with Gasteiger partial charge in [-0.15, -0.1) is 0 Å². The highest BCUT2D eigenvalue weighted by atomic mass is 16.2. The largest absolute Gasteiger partial charge is 0.343 e. The number of amides is 2. The lowest BCUT2D eigenvalue weighted by Crippen LogP contribution is -2.54. The SMILES string of the molecule is [2H]C([2H])([2H])N[C@@H](C)C(=O)N[C@H](C(=O)N1CCCC1)C(C)C. The number of likely N-dealkylation sites (N-methyl/N-ethyl adjacent to an activating group) is 1. The van der Waals surface area contributed by atoms with Crippen molar-refractivity contribution in [1.29, 1.82) is 0 Å². The molecule has 5 heteroatoms. The molecular formula is C13H25N3O2. The van der Waals surface area contributed by atoms with E-state index in [0.717, 1.165) is 25.9 Å². The van der Waals surface area contributed by atoms with Gasteiger partial charge in [0, 0.05) is 17.2 Å². The van der Waals surface area contributed by atoms with Crippen molar-refractivity contribution >= 4 is 11.8 Å². The maximum atomic E-state index is 12.4. The fraction of sp³-hybridized carbons (Fsp3) is 0.846. The molecule has 2 N–H and O–H groups in total. The Labute approximate surface area is 114 Å². The quantitative estimate of drug-likeness (QED) is 0.748. The minimum atomic E-state index is -2.39. The number of likely N-dealkylation sites (tertiary alicyclic amines) is 1. The number of hydrogen-bond donors (Lipinski definition) is 2. The summed E-state index contributed by atoms with van der Waals surface area (Å²) in [5.41, 5.74) is 0. The normalized spacial score (nSPS) is 22.0. The van der Waals surface area contributed by atoms with E-state index in [2.05, 4.69) is 10.6 Å². The average Bonchev–Trinajstić information content (AvgIpc) is 2.85. The van der Waals surface area contributed by atoms with E-state index < -0.39 is 25.0 Å². The predicted octanol–water partition coefficient (Wildman–Crippen LogP) is 0.357. The third-order valence-corrected chi connectivity index (χ3v) is 3.26. The molecule has 5 nitrogen and oxygen atoms in total. The van der Waals surface area contributed by atoms with Crippen molar-refractivity contribution in [3.63, 3.8) is 0 Å². The number of nitrogens with one attached hydrogen (secondary N) is 2. The lowest BCUT2D eigenvalue weighted by molar-refractivity contribution is -0.137. The van der Waals surface area contributed by atoms with Crippen molar-refractivity contribution in [2.45, 2.75) is 45.7 Å². The van der Waals surface area contributed by atoms with Crippen LogP contribution in [0.3, 0.4) is 0 Å². The van der Waals surface area contributed by atoms with Crippen LogP contribution in [0, 0.1) is 5.92 Å². The van der Waals surface area contributed by atoms with Crippen LogP contribution in [-0.2, 0) is 9.59 Å². The van der Waals surface area contributed by atoms with E-state index in [0.29, 0.717) is 0 Å². The average molecular weight is 258 g/mol. The molecule has 1 saturated heterocycles. The Bertz CT molecular complexity index is 379. The molecule has 104 valence electrons. The summed E-state index contributed by atoms with van der Waals surface area (Å²) >= 11 is 0. The van der Waals surface area contributed by atoms with Gasteiger partial charge in [-0.2, -0.15) is 0 Å². The van der Waals surface area contributed by atoms with Crippen LogP contribution in [0.1, 0.15) is 37.7 Å². The van der Waals surface area contributed by atoms with Crippen molar-refractivity contribution < 1.29 is 13.7 Å². The van der Waals surface area contributed by atoms with Gasteiger partial charge in [0.05, 0.1) is 6.04 Å². The molecule has 18 heavy (non-hydrogen) atoms. The van der Waals surface area contributed by atoms with Gasteiger partial charge in [0.2, 0.25) is 11.8 Å². The predicted molar refractivity (Wildman–Crippen MR) is 71.1 cm³/mol. The summed E-state index contributed by atoms with van der Waals surface area (Å²) in [5.74, 6) is -0.615. The molecule has 1 rings (SSSR count). The van der Waals surface area contributed by atoms with Gasteiger partial charge in [-0.05, 0) is 32.7 Å². The fourth-order valence-electron chi connectivity index (χ4n) is 1.99. The molecule has 0 radical (unpaired) electrons. The van der Waals surface area contributed by atoms with Crippen molar-refractivity contribution in [2.75, 3.05) is 20.1 Å². The second kappa shape index (κ2) is 6.73. The third-order valence-electron chi connectivity index (χ3n) is 3.26. The third kappa shape index (κ3) is 3.70. The van der Waals surface area contributed by atoms with Crippen LogP contribution in [0.15, 0.2) is 0 Å². The summed E-state index contributed by atoms with van der Waals surface area (Å²) in [4.78, 5) is 26.2. The van der Waals surface area contributed by atoms with Gasteiger partial charge < -0.3 is 15.5 Å². The monoisotopic (exact) mass is 258 g/mol. The molecule has 0 spiro atoms. The Balaban J connectivity index is 2.65. The molecule has 0 aliphatic carbocycles. The van der Waals surface area contributed by atoms with Gasteiger partial charge in [0.25, 0.3) is 0 Å². The zero-order valence-corrected chi connectivity index (χ0v) is 11.3.